The van der Waals surface area contributed by atoms with Crippen molar-refractivity contribution in [3.63, 3.8) is 0 Å². The quantitative estimate of drug-likeness (QED) is 0.681. The van der Waals surface area contributed by atoms with Crippen molar-refractivity contribution in [2.24, 2.45) is 0 Å². The molecule has 0 spiro atoms. The third-order valence-electron chi connectivity index (χ3n) is 4.14. The fraction of sp³-hybridized carbons (Fsp3) is 0.333. The minimum absolute atomic E-state index is 0.251. The van der Waals surface area contributed by atoms with E-state index in [0.29, 0.717) is 16.6 Å². The Balaban J connectivity index is 2.21. The third-order valence-corrected chi connectivity index (χ3v) is 4.14. The molecular weight excluding hydrogens is 320 g/mol. The summed E-state index contributed by atoms with van der Waals surface area (Å²) in [5, 5.41) is 9.51. The van der Waals surface area contributed by atoms with Gasteiger partial charge in [-0.05, 0) is 39.8 Å². The number of fused-ring (bicyclic) bond motifs is 1. The molecule has 0 fully saturated rings. The molecule has 7 heteroatoms. The number of para-hydroxylation sites is 1. The molecular formula is C18H20N4O3. The van der Waals surface area contributed by atoms with Crippen LogP contribution in [0.5, 0.6) is 0 Å². The van der Waals surface area contributed by atoms with E-state index in [1.807, 2.05) is 37.3 Å². The number of ether oxygens (including phenoxy) is 1. The lowest BCUT2D eigenvalue weighted by molar-refractivity contribution is -0.147. The van der Waals surface area contributed by atoms with E-state index in [1.54, 1.807) is 25.5 Å². The molecule has 1 aromatic carbocycles. The number of hydrogen-bond donors (Lipinski definition) is 0. The maximum absolute atomic E-state index is 12.8. The first-order chi connectivity index (χ1) is 12.0. The van der Waals surface area contributed by atoms with Crippen molar-refractivity contribution in [2.75, 3.05) is 6.61 Å². The summed E-state index contributed by atoms with van der Waals surface area (Å²) in [5.74, 6) is -0.491. The van der Waals surface area contributed by atoms with Crippen LogP contribution in [-0.2, 0) is 9.53 Å². The van der Waals surface area contributed by atoms with Crippen LogP contribution >= 0.6 is 0 Å². The van der Waals surface area contributed by atoms with Gasteiger partial charge in [0.2, 0.25) is 0 Å². The summed E-state index contributed by atoms with van der Waals surface area (Å²) in [6.07, 6.45) is 0. The highest BCUT2D eigenvalue weighted by Gasteiger charge is 2.23. The number of carbonyl (C=O) groups is 1. The lowest BCUT2D eigenvalue weighted by atomic mass is 10.2. The van der Waals surface area contributed by atoms with Crippen LogP contribution in [0.2, 0.25) is 0 Å². The molecule has 1 atom stereocenters. The van der Waals surface area contributed by atoms with Crippen LogP contribution in [0.15, 0.2) is 35.1 Å². The van der Waals surface area contributed by atoms with Gasteiger partial charge in [-0.25, -0.2) is 14.2 Å². The summed E-state index contributed by atoms with van der Waals surface area (Å²) < 4.78 is 7.87. The van der Waals surface area contributed by atoms with Gasteiger partial charge in [0.05, 0.1) is 29.1 Å². The lowest BCUT2D eigenvalue weighted by Crippen LogP contribution is -2.32. The Hall–Kier alpha value is -2.96. The van der Waals surface area contributed by atoms with E-state index in [4.69, 9.17) is 4.74 Å². The van der Waals surface area contributed by atoms with Crippen molar-refractivity contribution in [3.8, 4) is 5.69 Å². The second-order valence-corrected chi connectivity index (χ2v) is 5.82. The molecule has 130 valence electrons. The smallest absolute Gasteiger partial charge is 0.330 e. The Morgan fingerprint density at radius 2 is 1.88 bits per heavy atom. The van der Waals surface area contributed by atoms with Gasteiger partial charge in [0.25, 0.3) is 5.56 Å². The first kappa shape index (κ1) is 16.9. The molecule has 2 aromatic heterocycles. The molecule has 0 aliphatic heterocycles. The molecule has 0 radical (unpaired) electrons. The summed E-state index contributed by atoms with van der Waals surface area (Å²) in [4.78, 5) is 24.8. The van der Waals surface area contributed by atoms with E-state index in [2.05, 4.69) is 10.2 Å². The van der Waals surface area contributed by atoms with Gasteiger partial charge >= 0.3 is 5.97 Å². The van der Waals surface area contributed by atoms with Gasteiger partial charge in [-0.15, -0.1) is 0 Å². The largest absolute Gasteiger partial charge is 0.464 e. The fourth-order valence-electron chi connectivity index (χ4n) is 2.90. The molecule has 3 rings (SSSR count). The van der Waals surface area contributed by atoms with Crippen LogP contribution in [0.25, 0.3) is 16.6 Å². The van der Waals surface area contributed by atoms with Crippen molar-refractivity contribution >= 4 is 16.9 Å². The second-order valence-electron chi connectivity index (χ2n) is 5.82. The highest BCUT2D eigenvalue weighted by atomic mass is 16.5. The topological polar surface area (TPSA) is 79.0 Å². The van der Waals surface area contributed by atoms with E-state index >= 15 is 0 Å². The number of esters is 1. The van der Waals surface area contributed by atoms with Crippen LogP contribution < -0.4 is 5.56 Å². The lowest BCUT2D eigenvalue weighted by Gasteiger charge is -2.13. The molecule has 0 saturated carbocycles. The minimum Gasteiger partial charge on any atom is -0.464 e. The van der Waals surface area contributed by atoms with Crippen molar-refractivity contribution in [2.45, 2.75) is 33.7 Å². The summed E-state index contributed by atoms with van der Waals surface area (Å²) in [5.41, 5.74) is 2.23. The number of hydrogen-bond acceptors (Lipinski definition) is 5. The van der Waals surface area contributed by atoms with Crippen LogP contribution in [-0.4, -0.2) is 32.1 Å². The number of aromatic nitrogens is 4. The summed E-state index contributed by atoms with van der Waals surface area (Å²) in [6.45, 7) is 7.27. The van der Waals surface area contributed by atoms with E-state index < -0.39 is 17.6 Å². The minimum atomic E-state index is -0.808. The predicted octanol–water partition coefficient (Wildman–Crippen LogP) is 2.32. The molecule has 0 N–H and O–H groups in total. The first-order valence-electron chi connectivity index (χ1n) is 8.16. The molecule has 0 unspecified atom stereocenters. The monoisotopic (exact) mass is 340 g/mol. The van der Waals surface area contributed by atoms with Gasteiger partial charge in [-0.3, -0.25) is 4.79 Å². The molecule has 2 heterocycles. The van der Waals surface area contributed by atoms with E-state index in [-0.39, 0.29) is 6.61 Å². The Bertz CT molecular complexity index is 989. The molecule has 0 amide bonds. The van der Waals surface area contributed by atoms with E-state index in [9.17, 15) is 9.59 Å². The highest BCUT2D eigenvalue weighted by Crippen LogP contribution is 2.21. The van der Waals surface area contributed by atoms with Crippen molar-refractivity contribution in [3.05, 3.63) is 52.1 Å². The maximum Gasteiger partial charge on any atom is 0.330 e. The average molecular weight is 340 g/mol. The van der Waals surface area contributed by atoms with Crippen LogP contribution in [0.4, 0.5) is 0 Å². The fourth-order valence-corrected chi connectivity index (χ4v) is 2.90. The molecule has 3 aromatic rings. The molecule has 7 nitrogen and oxygen atoms in total. The standard InChI is InChI=1S/C18H20N4O3/c1-5-25-18(24)13(4)22-17(23)16-15(11(2)19-22)12(3)21(20-16)14-9-7-6-8-10-14/h6-10,13H,5H2,1-4H3/t13-/m0/s1. The Morgan fingerprint density at radius 1 is 1.20 bits per heavy atom. The summed E-state index contributed by atoms with van der Waals surface area (Å²) in [6, 6.07) is 8.77. The maximum atomic E-state index is 12.8. The predicted molar refractivity (Wildman–Crippen MR) is 93.9 cm³/mol. The van der Waals surface area contributed by atoms with Crippen molar-refractivity contribution in [1.82, 2.24) is 19.6 Å². The van der Waals surface area contributed by atoms with Gasteiger partial charge in [0.1, 0.15) is 0 Å². The zero-order valence-corrected chi connectivity index (χ0v) is 14.7. The molecule has 0 saturated heterocycles. The van der Waals surface area contributed by atoms with E-state index in [0.717, 1.165) is 16.1 Å². The van der Waals surface area contributed by atoms with E-state index in [1.165, 1.54) is 0 Å². The van der Waals surface area contributed by atoms with Crippen LogP contribution in [0, 0.1) is 13.8 Å². The zero-order valence-electron chi connectivity index (χ0n) is 14.7. The molecule has 0 aliphatic rings. The summed E-state index contributed by atoms with van der Waals surface area (Å²) in [7, 11) is 0. The number of carbonyl (C=O) groups excluding carboxylic acids is 1. The van der Waals surface area contributed by atoms with Crippen molar-refractivity contribution in [1.29, 1.82) is 0 Å². The Morgan fingerprint density at radius 3 is 2.52 bits per heavy atom. The van der Waals surface area contributed by atoms with Gasteiger partial charge < -0.3 is 4.74 Å². The van der Waals surface area contributed by atoms with Crippen molar-refractivity contribution < 1.29 is 9.53 Å². The highest BCUT2D eigenvalue weighted by molar-refractivity contribution is 5.83. The number of benzene rings is 1. The third kappa shape index (κ3) is 2.82. The van der Waals surface area contributed by atoms with Gasteiger partial charge in [-0.1, -0.05) is 18.2 Å². The molecule has 25 heavy (non-hydrogen) atoms. The number of aryl methyl sites for hydroxylation is 2. The van der Waals surface area contributed by atoms with Crippen LogP contribution in [0.3, 0.4) is 0 Å². The average Bonchev–Trinajstić information content (AvgIpc) is 2.97. The number of nitrogens with zero attached hydrogens (tertiary/aromatic N) is 4. The zero-order chi connectivity index (χ0) is 18.1. The number of rotatable bonds is 4. The summed E-state index contributed by atoms with van der Waals surface area (Å²) >= 11 is 0. The first-order valence-corrected chi connectivity index (χ1v) is 8.16. The second kappa shape index (κ2) is 6.51. The van der Waals surface area contributed by atoms with Gasteiger partial charge in [0.15, 0.2) is 11.6 Å². The van der Waals surface area contributed by atoms with Crippen LogP contribution in [0.1, 0.15) is 31.3 Å². The SMILES string of the molecule is CCOC(=O)[C@H](C)n1nc(C)c2c(C)n(-c3ccccc3)nc2c1=O. The normalized spacial score (nSPS) is 12.3. The molecule has 0 bridgehead atoms. The Labute approximate surface area is 144 Å². The molecule has 0 aliphatic carbocycles. The Kier molecular flexibility index (Phi) is 4.39. The van der Waals surface area contributed by atoms with Gasteiger partial charge in [0, 0.05) is 0 Å². The van der Waals surface area contributed by atoms with Gasteiger partial charge in [-0.2, -0.15) is 10.2 Å².